The number of sulfone groups is 1. The van der Waals surface area contributed by atoms with Crippen LogP contribution in [0.5, 0.6) is 5.75 Å². The zero-order valence-electron chi connectivity index (χ0n) is 11.4. The predicted octanol–water partition coefficient (Wildman–Crippen LogP) is 1.33. The molecule has 0 unspecified atom stereocenters. The number of methoxy groups -OCH3 is 1. The lowest BCUT2D eigenvalue weighted by Gasteiger charge is -2.10. The number of allylic oxidation sites excluding steroid dienone is 1. The van der Waals surface area contributed by atoms with Crippen molar-refractivity contribution in [3.63, 3.8) is 0 Å². The molecule has 0 atom stereocenters. The van der Waals surface area contributed by atoms with Crippen LogP contribution in [0.2, 0.25) is 0 Å². The van der Waals surface area contributed by atoms with Crippen molar-refractivity contribution in [3.8, 4) is 5.75 Å². The standard InChI is InChI=1S/C13H17NO4S/c1-14(2)9-12(19(4,16)17)13(15)10-5-7-11(18-3)8-6-10/h5-9H,1-4H3/b12-9-. The number of carbonyl (C=O) groups excluding carboxylic acids is 1. The second-order valence-corrected chi connectivity index (χ2v) is 6.27. The topological polar surface area (TPSA) is 63.7 Å². The second-order valence-electron chi connectivity index (χ2n) is 4.29. The predicted molar refractivity (Wildman–Crippen MR) is 73.9 cm³/mol. The molecule has 0 aliphatic carbocycles. The number of carbonyl (C=O) groups is 1. The summed E-state index contributed by atoms with van der Waals surface area (Å²) in [6, 6.07) is 6.30. The zero-order valence-corrected chi connectivity index (χ0v) is 12.2. The summed E-state index contributed by atoms with van der Waals surface area (Å²) >= 11 is 0. The first-order valence-corrected chi connectivity index (χ1v) is 7.42. The maximum atomic E-state index is 12.2. The van der Waals surface area contributed by atoms with Gasteiger partial charge in [-0.2, -0.15) is 0 Å². The van der Waals surface area contributed by atoms with Crippen molar-refractivity contribution in [2.75, 3.05) is 27.5 Å². The van der Waals surface area contributed by atoms with E-state index in [-0.39, 0.29) is 4.91 Å². The minimum absolute atomic E-state index is 0.234. The van der Waals surface area contributed by atoms with E-state index in [1.807, 2.05) is 0 Å². The minimum atomic E-state index is -3.58. The van der Waals surface area contributed by atoms with Gasteiger partial charge in [0.2, 0.25) is 5.78 Å². The van der Waals surface area contributed by atoms with Crippen LogP contribution in [0.25, 0.3) is 0 Å². The molecule has 1 aromatic rings. The molecule has 0 amide bonds. The molecule has 0 bridgehead atoms. The molecule has 0 aliphatic heterocycles. The molecule has 0 spiro atoms. The van der Waals surface area contributed by atoms with Crippen molar-refractivity contribution in [2.45, 2.75) is 0 Å². The lowest BCUT2D eigenvalue weighted by Crippen LogP contribution is -2.16. The molecule has 0 saturated carbocycles. The summed E-state index contributed by atoms with van der Waals surface area (Å²) in [6.45, 7) is 0. The highest BCUT2D eigenvalue weighted by molar-refractivity contribution is 7.95. The molecule has 0 saturated heterocycles. The molecule has 0 aliphatic rings. The fourth-order valence-corrected chi connectivity index (χ4v) is 2.30. The van der Waals surface area contributed by atoms with Crippen molar-refractivity contribution < 1.29 is 17.9 Å². The van der Waals surface area contributed by atoms with Gasteiger partial charge in [0.1, 0.15) is 10.7 Å². The minimum Gasteiger partial charge on any atom is -0.497 e. The van der Waals surface area contributed by atoms with Crippen molar-refractivity contribution in [2.24, 2.45) is 0 Å². The number of benzene rings is 1. The van der Waals surface area contributed by atoms with E-state index in [0.29, 0.717) is 11.3 Å². The van der Waals surface area contributed by atoms with E-state index in [9.17, 15) is 13.2 Å². The Kier molecular flexibility index (Phi) is 4.72. The maximum Gasteiger partial charge on any atom is 0.205 e. The number of ketones is 1. The number of hydrogen-bond acceptors (Lipinski definition) is 5. The molecular formula is C13H17NO4S. The van der Waals surface area contributed by atoms with Crippen LogP contribution in [0, 0.1) is 0 Å². The highest BCUT2D eigenvalue weighted by Gasteiger charge is 2.22. The number of hydrogen-bond donors (Lipinski definition) is 0. The van der Waals surface area contributed by atoms with Crippen molar-refractivity contribution in [1.29, 1.82) is 0 Å². The van der Waals surface area contributed by atoms with Gasteiger partial charge in [-0.25, -0.2) is 8.42 Å². The first-order chi connectivity index (χ1) is 8.75. The zero-order chi connectivity index (χ0) is 14.6. The van der Waals surface area contributed by atoms with Crippen LogP contribution < -0.4 is 4.74 Å². The van der Waals surface area contributed by atoms with E-state index in [1.54, 1.807) is 26.2 Å². The quantitative estimate of drug-likeness (QED) is 0.602. The molecule has 0 N–H and O–H groups in total. The van der Waals surface area contributed by atoms with Gasteiger partial charge in [0.05, 0.1) is 7.11 Å². The van der Waals surface area contributed by atoms with Gasteiger partial charge in [0.15, 0.2) is 9.84 Å². The maximum absolute atomic E-state index is 12.2. The lowest BCUT2D eigenvalue weighted by atomic mass is 10.1. The van der Waals surface area contributed by atoms with E-state index in [0.717, 1.165) is 6.26 Å². The molecule has 6 heteroatoms. The average molecular weight is 283 g/mol. The van der Waals surface area contributed by atoms with Gasteiger partial charge >= 0.3 is 0 Å². The summed E-state index contributed by atoms with van der Waals surface area (Å²) in [7, 11) is 1.25. The van der Waals surface area contributed by atoms with Crippen LogP contribution >= 0.6 is 0 Å². The first-order valence-electron chi connectivity index (χ1n) is 5.52. The third kappa shape index (κ3) is 4.10. The van der Waals surface area contributed by atoms with Crippen molar-refractivity contribution in [3.05, 3.63) is 40.9 Å². The van der Waals surface area contributed by atoms with Crippen molar-refractivity contribution >= 4 is 15.6 Å². The number of ether oxygens (including phenoxy) is 1. The SMILES string of the molecule is COc1ccc(C(=O)/C(=C/N(C)C)S(C)(=O)=O)cc1. The van der Waals surface area contributed by atoms with Crippen LogP contribution in [-0.4, -0.2) is 46.6 Å². The molecule has 104 valence electrons. The van der Waals surface area contributed by atoms with Gasteiger partial charge < -0.3 is 9.64 Å². The Bertz CT molecular complexity index is 586. The van der Waals surface area contributed by atoms with Crippen LogP contribution in [0.15, 0.2) is 35.4 Å². The number of Topliss-reactive ketones (excluding diaryl/α,β-unsaturated/α-hetero) is 1. The largest absolute Gasteiger partial charge is 0.497 e. The monoisotopic (exact) mass is 283 g/mol. The van der Waals surface area contributed by atoms with Crippen LogP contribution in [0.3, 0.4) is 0 Å². The summed E-state index contributed by atoms with van der Waals surface area (Å²) in [6.07, 6.45) is 2.33. The average Bonchev–Trinajstić information content (AvgIpc) is 2.34. The third-order valence-corrected chi connectivity index (χ3v) is 3.44. The smallest absolute Gasteiger partial charge is 0.205 e. The van der Waals surface area contributed by atoms with Gasteiger partial charge in [-0.15, -0.1) is 0 Å². The van der Waals surface area contributed by atoms with Gasteiger partial charge in [-0.1, -0.05) is 0 Å². The van der Waals surface area contributed by atoms with Crippen LogP contribution in [0.1, 0.15) is 10.4 Å². The molecule has 19 heavy (non-hydrogen) atoms. The second kappa shape index (κ2) is 5.88. The van der Waals surface area contributed by atoms with Crippen LogP contribution in [-0.2, 0) is 9.84 Å². The molecule has 0 aromatic heterocycles. The molecule has 0 heterocycles. The Hall–Kier alpha value is -1.82. The summed E-state index contributed by atoms with van der Waals surface area (Å²) in [5.74, 6) is 0.0768. The number of nitrogens with zero attached hydrogens (tertiary/aromatic N) is 1. The van der Waals surface area contributed by atoms with Crippen molar-refractivity contribution in [1.82, 2.24) is 4.90 Å². The Labute approximate surface area is 113 Å². The summed E-state index contributed by atoms with van der Waals surface area (Å²) < 4.78 is 28.3. The highest BCUT2D eigenvalue weighted by Crippen LogP contribution is 2.17. The lowest BCUT2D eigenvalue weighted by molar-refractivity contribution is 0.104. The number of rotatable bonds is 5. The van der Waals surface area contributed by atoms with Gasteiger partial charge in [-0.05, 0) is 24.3 Å². The van der Waals surface area contributed by atoms with E-state index >= 15 is 0 Å². The molecular weight excluding hydrogens is 266 g/mol. The van der Waals surface area contributed by atoms with Gasteiger partial charge in [0, 0.05) is 32.1 Å². The van der Waals surface area contributed by atoms with E-state index in [1.165, 1.54) is 30.3 Å². The Morgan fingerprint density at radius 1 is 1.21 bits per heavy atom. The molecule has 0 fully saturated rings. The van der Waals surface area contributed by atoms with Gasteiger partial charge in [0.25, 0.3) is 0 Å². The first kappa shape index (κ1) is 15.2. The van der Waals surface area contributed by atoms with E-state index in [4.69, 9.17) is 4.74 Å². The third-order valence-electron chi connectivity index (χ3n) is 2.35. The fourth-order valence-electron chi connectivity index (χ4n) is 1.44. The Morgan fingerprint density at radius 2 is 1.74 bits per heavy atom. The molecule has 1 rings (SSSR count). The van der Waals surface area contributed by atoms with E-state index < -0.39 is 15.6 Å². The summed E-state index contributed by atoms with van der Waals surface area (Å²) in [5.41, 5.74) is 0.305. The molecule has 5 nitrogen and oxygen atoms in total. The molecule has 1 aromatic carbocycles. The normalized spacial score (nSPS) is 12.1. The van der Waals surface area contributed by atoms with Crippen LogP contribution in [0.4, 0.5) is 0 Å². The summed E-state index contributed by atoms with van der Waals surface area (Å²) in [4.78, 5) is 13.5. The highest BCUT2D eigenvalue weighted by atomic mass is 32.2. The summed E-state index contributed by atoms with van der Waals surface area (Å²) in [5, 5.41) is 0. The van der Waals surface area contributed by atoms with E-state index in [2.05, 4.69) is 0 Å². The molecule has 0 radical (unpaired) electrons. The Morgan fingerprint density at radius 3 is 2.11 bits per heavy atom. The Balaban J connectivity index is 3.20. The fraction of sp³-hybridized carbons (Fsp3) is 0.308. The van der Waals surface area contributed by atoms with Gasteiger partial charge in [-0.3, -0.25) is 4.79 Å².